The number of carbonyl (C=O) groups excluding carboxylic acids is 1. The number of hydrogen-bond acceptors (Lipinski definition) is 6. The van der Waals surface area contributed by atoms with Gasteiger partial charge in [0.1, 0.15) is 5.01 Å². The molecule has 0 spiro atoms. The molecule has 0 saturated carbocycles. The fourth-order valence-corrected chi connectivity index (χ4v) is 3.60. The van der Waals surface area contributed by atoms with E-state index in [4.69, 9.17) is 0 Å². The molecule has 0 aliphatic rings. The zero-order valence-electron chi connectivity index (χ0n) is 12.3. The van der Waals surface area contributed by atoms with E-state index >= 15 is 0 Å². The lowest BCUT2D eigenvalue weighted by Gasteiger charge is -2.09. The van der Waals surface area contributed by atoms with Crippen LogP contribution in [0.1, 0.15) is 17.0 Å². The van der Waals surface area contributed by atoms with E-state index in [1.54, 1.807) is 23.1 Å². The first kappa shape index (κ1) is 15.9. The lowest BCUT2D eigenvalue weighted by Crippen LogP contribution is -2.19. The minimum atomic E-state index is 0.0209. The molecule has 1 aromatic carbocycles. The monoisotopic (exact) mass is 322 g/mol. The topological polar surface area (TPSA) is 66.9 Å². The molecule has 0 bridgehead atoms. The second kappa shape index (κ2) is 7.53. The third kappa shape index (κ3) is 4.80. The number of aryl methyl sites for hydroxylation is 2. The van der Waals surface area contributed by atoms with Crippen LogP contribution in [0, 0.1) is 13.8 Å². The van der Waals surface area contributed by atoms with E-state index in [-0.39, 0.29) is 5.91 Å². The Kier molecular flexibility index (Phi) is 5.72. The number of aromatic nitrogens is 2. The van der Waals surface area contributed by atoms with Gasteiger partial charge in [0.05, 0.1) is 0 Å². The normalized spacial score (nSPS) is 10.6. The first-order valence-electron chi connectivity index (χ1n) is 6.61. The average Bonchev–Trinajstić information content (AvgIpc) is 2.85. The highest BCUT2D eigenvalue weighted by atomic mass is 32.2. The Morgan fingerprint density at radius 1 is 1.33 bits per heavy atom. The standard InChI is InChI=1S/C14H18N4OS2/c1-9-8-11(21-14-18-17-10(2)20-14)4-5-12(9)16-13(19)6-7-15-3/h4-5,8,15H,6-7H2,1-3H3,(H,16,19). The molecule has 0 aliphatic heterocycles. The maximum Gasteiger partial charge on any atom is 0.225 e. The van der Waals surface area contributed by atoms with Crippen LogP contribution in [0.3, 0.4) is 0 Å². The molecule has 1 aromatic heterocycles. The molecule has 1 amide bonds. The van der Waals surface area contributed by atoms with E-state index in [2.05, 4.69) is 26.9 Å². The summed E-state index contributed by atoms with van der Waals surface area (Å²) in [6, 6.07) is 5.97. The molecule has 2 aromatic rings. The zero-order valence-corrected chi connectivity index (χ0v) is 13.9. The summed E-state index contributed by atoms with van der Waals surface area (Å²) in [5, 5.41) is 15.0. The number of amides is 1. The highest BCUT2D eigenvalue weighted by Crippen LogP contribution is 2.32. The van der Waals surface area contributed by atoms with E-state index in [0.717, 1.165) is 25.5 Å². The summed E-state index contributed by atoms with van der Waals surface area (Å²) >= 11 is 3.16. The molecule has 0 atom stereocenters. The summed E-state index contributed by atoms with van der Waals surface area (Å²) in [6.07, 6.45) is 0.469. The van der Waals surface area contributed by atoms with Crippen molar-refractivity contribution in [2.45, 2.75) is 29.5 Å². The van der Waals surface area contributed by atoms with E-state index in [1.165, 1.54) is 0 Å². The van der Waals surface area contributed by atoms with E-state index < -0.39 is 0 Å². The van der Waals surface area contributed by atoms with Gasteiger partial charge in [-0.05, 0) is 44.7 Å². The molecule has 112 valence electrons. The molecule has 0 radical (unpaired) electrons. The van der Waals surface area contributed by atoms with E-state index in [9.17, 15) is 4.79 Å². The maximum atomic E-state index is 11.7. The number of rotatable bonds is 6. The van der Waals surface area contributed by atoms with Crippen molar-refractivity contribution in [1.29, 1.82) is 0 Å². The Bertz CT molecular complexity index is 627. The van der Waals surface area contributed by atoms with Gasteiger partial charge in [-0.3, -0.25) is 4.79 Å². The Hall–Kier alpha value is -1.44. The van der Waals surface area contributed by atoms with Gasteiger partial charge in [-0.2, -0.15) is 0 Å². The van der Waals surface area contributed by atoms with Crippen molar-refractivity contribution in [3.63, 3.8) is 0 Å². The number of hydrogen-bond donors (Lipinski definition) is 2. The van der Waals surface area contributed by atoms with Gasteiger partial charge in [-0.1, -0.05) is 23.1 Å². The summed E-state index contributed by atoms with van der Waals surface area (Å²) in [7, 11) is 1.83. The number of benzene rings is 1. The molecule has 21 heavy (non-hydrogen) atoms. The molecular weight excluding hydrogens is 304 g/mol. The van der Waals surface area contributed by atoms with Gasteiger partial charge in [0, 0.05) is 23.5 Å². The van der Waals surface area contributed by atoms with E-state index in [1.807, 2.05) is 33.0 Å². The van der Waals surface area contributed by atoms with Gasteiger partial charge in [-0.25, -0.2) is 0 Å². The van der Waals surface area contributed by atoms with Crippen molar-refractivity contribution in [3.8, 4) is 0 Å². The third-order valence-electron chi connectivity index (χ3n) is 2.79. The molecule has 0 aliphatic carbocycles. The summed E-state index contributed by atoms with van der Waals surface area (Å²) in [4.78, 5) is 12.8. The number of nitrogens with one attached hydrogen (secondary N) is 2. The van der Waals surface area contributed by atoms with Gasteiger partial charge < -0.3 is 10.6 Å². The van der Waals surface area contributed by atoms with Crippen LogP contribution in [0.25, 0.3) is 0 Å². The number of anilines is 1. The first-order valence-corrected chi connectivity index (χ1v) is 8.25. The van der Waals surface area contributed by atoms with Gasteiger partial charge >= 0.3 is 0 Å². The number of carbonyl (C=O) groups is 1. The highest BCUT2D eigenvalue weighted by molar-refractivity contribution is 8.01. The quantitative estimate of drug-likeness (QED) is 0.856. The van der Waals surface area contributed by atoms with Crippen molar-refractivity contribution >= 4 is 34.7 Å². The van der Waals surface area contributed by atoms with Crippen LogP contribution in [-0.4, -0.2) is 29.7 Å². The van der Waals surface area contributed by atoms with Crippen molar-refractivity contribution in [2.75, 3.05) is 18.9 Å². The molecular formula is C14H18N4OS2. The fraction of sp³-hybridized carbons (Fsp3) is 0.357. The van der Waals surface area contributed by atoms with Gasteiger partial charge in [-0.15, -0.1) is 10.2 Å². The van der Waals surface area contributed by atoms with Gasteiger partial charge in [0.15, 0.2) is 4.34 Å². The zero-order chi connectivity index (χ0) is 15.2. The molecule has 0 unspecified atom stereocenters. The maximum absolute atomic E-state index is 11.7. The summed E-state index contributed by atoms with van der Waals surface area (Å²) in [6.45, 7) is 4.61. The molecule has 7 heteroatoms. The smallest absolute Gasteiger partial charge is 0.225 e. The van der Waals surface area contributed by atoms with Crippen molar-refractivity contribution in [2.24, 2.45) is 0 Å². The van der Waals surface area contributed by atoms with Crippen LogP contribution >= 0.6 is 23.1 Å². The lowest BCUT2D eigenvalue weighted by atomic mass is 10.2. The lowest BCUT2D eigenvalue weighted by molar-refractivity contribution is -0.116. The first-order chi connectivity index (χ1) is 10.1. The van der Waals surface area contributed by atoms with Crippen LogP contribution in [-0.2, 0) is 4.79 Å². The van der Waals surface area contributed by atoms with Crippen LogP contribution < -0.4 is 10.6 Å². The van der Waals surface area contributed by atoms with Crippen LogP contribution in [0.15, 0.2) is 27.4 Å². The summed E-state index contributed by atoms with van der Waals surface area (Å²) in [5.41, 5.74) is 1.90. The molecule has 5 nitrogen and oxygen atoms in total. The number of nitrogens with zero attached hydrogens (tertiary/aromatic N) is 2. The minimum absolute atomic E-state index is 0.0209. The summed E-state index contributed by atoms with van der Waals surface area (Å²) < 4.78 is 0.928. The van der Waals surface area contributed by atoms with E-state index in [0.29, 0.717) is 13.0 Å². The second-order valence-corrected chi connectivity index (χ2v) is 7.07. The second-order valence-electron chi connectivity index (χ2n) is 4.57. The molecule has 2 N–H and O–H groups in total. The fourth-order valence-electron chi connectivity index (χ4n) is 1.71. The largest absolute Gasteiger partial charge is 0.326 e. The third-order valence-corrected chi connectivity index (χ3v) is 4.67. The Morgan fingerprint density at radius 3 is 2.76 bits per heavy atom. The molecule has 1 heterocycles. The molecule has 0 fully saturated rings. The van der Waals surface area contributed by atoms with Crippen molar-refractivity contribution in [3.05, 3.63) is 28.8 Å². The van der Waals surface area contributed by atoms with Gasteiger partial charge in [0.2, 0.25) is 5.91 Å². The van der Waals surface area contributed by atoms with Crippen LogP contribution in [0.4, 0.5) is 5.69 Å². The van der Waals surface area contributed by atoms with Crippen LogP contribution in [0.2, 0.25) is 0 Å². The molecule has 2 rings (SSSR count). The SMILES string of the molecule is CNCCC(=O)Nc1ccc(Sc2nnc(C)s2)cc1C. The minimum Gasteiger partial charge on any atom is -0.326 e. The Labute approximate surface area is 132 Å². The summed E-state index contributed by atoms with van der Waals surface area (Å²) in [5.74, 6) is 0.0209. The van der Waals surface area contributed by atoms with Crippen molar-refractivity contribution < 1.29 is 4.79 Å². The highest BCUT2D eigenvalue weighted by Gasteiger charge is 2.07. The Balaban J connectivity index is 2.01. The predicted molar refractivity (Wildman–Crippen MR) is 87.1 cm³/mol. The van der Waals surface area contributed by atoms with Crippen LogP contribution in [0.5, 0.6) is 0 Å². The van der Waals surface area contributed by atoms with Crippen molar-refractivity contribution in [1.82, 2.24) is 15.5 Å². The predicted octanol–water partition coefficient (Wildman–Crippen LogP) is 2.85. The average molecular weight is 322 g/mol. The van der Waals surface area contributed by atoms with Gasteiger partial charge in [0.25, 0.3) is 0 Å². The molecule has 0 saturated heterocycles. The Morgan fingerprint density at radius 2 is 2.14 bits per heavy atom.